The number of nitrogens with one attached hydrogen (secondary N) is 1. The Bertz CT molecular complexity index is 921. The summed E-state index contributed by atoms with van der Waals surface area (Å²) < 4.78 is 5.62. The van der Waals surface area contributed by atoms with Gasteiger partial charge in [0, 0.05) is 37.5 Å². The number of hydrogen-bond acceptors (Lipinski definition) is 4. The van der Waals surface area contributed by atoms with Crippen LogP contribution in [0.5, 0.6) is 0 Å². The van der Waals surface area contributed by atoms with E-state index in [0.717, 1.165) is 41.8 Å². The van der Waals surface area contributed by atoms with Crippen molar-refractivity contribution < 1.29 is 14.3 Å². The number of aromatic amines is 1. The van der Waals surface area contributed by atoms with Gasteiger partial charge < -0.3 is 14.6 Å². The van der Waals surface area contributed by atoms with Crippen LogP contribution < -0.4 is 4.90 Å². The first-order valence-electron chi connectivity index (χ1n) is 11.1. The molecule has 0 radical (unpaired) electrons. The molecule has 5 nitrogen and oxygen atoms in total. The molecule has 2 aromatic rings. The summed E-state index contributed by atoms with van der Waals surface area (Å²) >= 11 is 0. The fourth-order valence-corrected chi connectivity index (χ4v) is 4.94. The molecule has 1 atom stereocenters. The lowest BCUT2D eigenvalue weighted by molar-refractivity contribution is 0.0403. The number of Topliss-reactive ketones (excluding diaryl/α,β-unsaturated/α-hetero) is 1. The standard InChI is InChI=1S/C25H32N2O3/c1-16-23-21(26-24(16)25(29)30-15-17-7-5-4-6-8-17)13-19(14-22(23)28)18-9-11-20(12-10-18)27(2)3/h9-12,17,19,26H,4-8,13-15H2,1-3H3/t19-/m1/s1. The van der Waals surface area contributed by atoms with Gasteiger partial charge in [0.05, 0.1) is 6.61 Å². The topological polar surface area (TPSA) is 62.4 Å². The number of fused-ring (bicyclic) bond motifs is 1. The molecule has 1 N–H and O–H groups in total. The fraction of sp³-hybridized carbons (Fsp3) is 0.520. The molecule has 0 unspecified atom stereocenters. The molecule has 1 fully saturated rings. The molecule has 0 saturated heterocycles. The van der Waals surface area contributed by atoms with Gasteiger partial charge in [-0.1, -0.05) is 31.4 Å². The quantitative estimate of drug-likeness (QED) is 0.704. The van der Waals surface area contributed by atoms with Crippen molar-refractivity contribution in [2.24, 2.45) is 5.92 Å². The minimum absolute atomic E-state index is 0.109. The van der Waals surface area contributed by atoms with Crippen molar-refractivity contribution in [3.8, 4) is 0 Å². The summed E-state index contributed by atoms with van der Waals surface area (Å²) in [5.41, 5.74) is 5.06. The molecule has 4 rings (SSSR count). The molecule has 2 aliphatic carbocycles. The van der Waals surface area contributed by atoms with Gasteiger partial charge in [-0.25, -0.2) is 4.79 Å². The van der Waals surface area contributed by atoms with E-state index in [0.29, 0.717) is 30.2 Å². The van der Waals surface area contributed by atoms with Crippen LogP contribution in [-0.4, -0.2) is 37.4 Å². The summed E-state index contributed by atoms with van der Waals surface area (Å²) in [4.78, 5) is 31.0. The van der Waals surface area contributed by atoms with Crippen LogP contribution in [-0.2, 0) is 11.2 Å². The van der Waals surface area contributed by atoms with Crippen molar-refractivity contribution >= 4 is 17.4 Å². The number of aromatic nitrogens is 1. The van der Waals surface area contributed by atoms with E-state index < -0.39 is 0 Å². The highest BCUT2D eigenvalue weighted by Gasteiger charge is 2.32. The molecule has 0 bridgehead atoms. The zero-order valence-corrected chi connectivity index (χ0v) is 18.3. The molecule has 1 aromatic carbocycles. The average molecular weight is 409 g/mol. The normalized spacial score (nSPS) is 19.4. The largest absolute Gasteiger partial charge is 0.461 e. The van der Waals surface area contributed by atoms with Crippen molar-refractivity contribution in [1.29, 1.82) is 0 Å². The smallest absolute Gasteiger partial charge is 0.355 e. The first kappa shape index (κ1) is 20.7. The van der Waals surface area contributed by atoms with E-state index in [4.69, 9.17) is 4.74 Å². The number of benzene rings is 1. The van der Waals surface area contributed by atoms with Gasteiger partial charge in [-0.15, -0.1) is 0 Å². The summed E-state index contributed by atoms with van der Waals surface area (Å²) in [6, 6.07) is 8.38. The number of H-pyrrole nitrogens is 1. The van der Waals surface area contributed by atoms with Crippen LogP contribution in [0.2, 0.25) is 0 Å². The maximum absolute atomic E-state index is 12.9. The van der Waals surface area contributed by atoms with Crippen LogP contribution in [0.1, 0.15) is 82.1 Å². The van der Waals surface area contributed by atoms with Gasteiger partial charge in [0.2, 0.25) is 0 Å². The third kappa shape index (κ3) is 4.16. The molecule has 1 saturated carbocycles. The second-order valence-corrected chi connectivity index (χ2v) is 9.10. The number of ketones is 1. The Morgan fingerprint density at radius 1 is 1.10 bits per heavy atom. The Morgan fingerprint density at radius 3 is 2.47 bits per heavy atom. The predicted molar refractivity (Wildman–Crippen MR) is 119 cm³/mol. The van der Waals surface area contributed by atoms with Gasteiger partial charge >= 0.3 is 5.97 Å². The van der Waals surface area contributed by atoms with Gasteiger partial charge in [-0.05, 0) is 61.3 Å². The Labute approximate surface area is 178 Å². The molecular weight excluding hydrogens is 376 g/mol. The summed E-state index contributed by atoms with van der Waals surface area (Å²) in [7, 11) is 4.03. The van der Waals surface area contributed by atoms with E-state index in [2.05, 4.69) is 34.1 Å². The highest BCUT2D eigenvalue weighted by Crippen LogP contribution is 2.36. The van der Waals surface area contributed by atoms with Crippen LogP contribution in [0.25, 0.3) is 0 Å². The van der Waals surface area contributed by atoms with Crippen molar-refractivity contribution in [1.82, 2.24) is 4.98 Å². The Kier molecular flexibility index (Phi) is 5.98. The van der Waals surface area contributed by atoms with Gasteiger partial charge in [-0.3, -0.25) is 4.79 Å². The van der Waals surface area contributed by atoms with Gasteiger partial charge in [-0.2, -0.15) is 0 Å². The van der Waals surface area contributed by atoms with E-state index in [9.17, 15) is 9.59 Å². The summed E-state index contributed by atoms with van der Waals surface area (Å²) in [6.07, 6.45) is 7.23. The molecule has 1 aromatic heterocycles. The zero-order chi connectivity index (χ0) is 21.3. The lowest BCUT2D eigenvalue weighted by Gasteiger charge is -2.23. The Balaban J connectivity index is 1.48. The fourth-order valence-electron chi connectivity index (χ4n) is 4.94. The Morgan fingerprint density at radius 2 is 1.80 bits per heavy atom. The number of rotatable bonds is 5. The number of carbonyl (C=O) groups excluding carboxylic acids is 2. The van der Waals surface area contributed by atoms with Crippen molar-refractivity contribution in [2.45, 2.75) is 57.8 Å². The van der Waals surface area contributed by atoms with Gasteiger partial charge in [0.15, 0.2) is 5.78 Å². The van der Waals surface area contributed by atoms with E-state index in [-0.39, 0.29) is 17.7 Å². The zero-order valence-electron chi connectivity index (χ0n) is 18.3. The average Bonchev–Trinajstić information content (AvgIpc) is 3.09. The van der Waals surface area contributed by atoms with E-state index in [1.165, 1.54) is 19.3 Å². The molecule has 5 heteroatoms. The highest BCUT2D eigenvalue weighted by molar-refractivity contribution is 6.03. The minimum Gasteiger partial charge on any atom is -0.461 e. The summed E-state index contributed by atoms with van der Waals surface area (Å²) in [6.45, 7) is 2.34. The first-order valence-corrected chi connectivity index (χ1v) is 11.1. The number of carbonyl (C=O) groups is 2. The lowest BCUT2D eigenvalue weighted by atomic mass is 9.81. The van der Waals surface area contributed by atoms with Gasteiger partial charge in [0.25, 0.3) is 0 Å². The molecule has 160 valence electrons. The Hall–Kier alpha value is -2.56. The lowest BCUT2D eigenvalue weighted by Crippen LogP contribution is -2.18. The van der Waals surface area contributed by atoms with Crippen LogP contribution in [0, 0.1) is 12.8 Å². The van der Waals surface area contributed by atoms with Gasteiger partial charge in [0.1, 0.15) is 5.69 Å². The predicted octanol–water partition coefficient (Wildman–Crippen LogP) is 5.04. The maximum atomic E-state index is 12.9. The number of hydrogen-bond donors (Lipinski definition) is 1. The van der Waals surface area contributed by atoms with E-state index >= 15 is 0 Å². The van der Waals surface area contributed by atoms with Crippen LogP contribution in [0.15, 0.2) is 24.3 Å². The van der Waals surface area contributed by atoms with Crippen LogP contribution >= 0.6 is 0 Å². The molecule has 30 heavy (non-hydrogen) atoms. The third-order valence-corrected chi connectivity index (χ3v) is 6.75. The number of nitrogens with zero attached hydrogens (tertiary/aromatic N) is 1. The van der Waals surface area contributed by atoms with Crippen LogP contribution in [0.4, 0.5) is 5.69 Å². The molecule has 2 aliphatic rings. The van der Waals surface area contributed by atoms with Crippen molar-refractivity contribution in [3.63, 3.8) is 0 Å². The molecular formula is C25H32N2O3. The van der Waals surface area contributed by atoms with Crippen molar-refractivity contribution in [3.05, 3.63) is 52.3 Å². The molecule has 0 amide bonds. The molecule has 0 spiro atoms. The second-order valence-electron chi connectivity index (χ2n) is 9.10. The summed E-state index contributed by atoms with van der Waals surface area (Å²) in [5, 5.41) is 0. The number of anilines is 1. The van der Waals surface area contributed by atoms with E-state index in [1.807, 2.05) is 21.0 Å². The summed E-state index contributed by atoms with van der Waals surface area (Å²) in [5.74, 6) is 0.388. The molecule has 0 aliphatic heterocycles. The maximum Gasteiger partial charge on any atom is 0.355 e. The van der Waals surface area contributed by atoms with E-state index in [1.54, 1.807) is 0 Å². The molecule has 1 heterocycles. The number of ether oxygens (including phenoxy) is 1. The highest BCUT2D eigenvalue weighted by atomic mass is 16.5. The first-order chi connectivity index (χ1) is 14.4. The second kappa shape index (κ2) is 8.66. The SMILES string of the molecule is Cc1c(C(=O)OCC2CCCCC2)[nH]c2c1C(=O)C[C@H](c1ccc(N(C)C)cc1)C2. The van der Waals surface area contributed by atoms with Crippen molar-refractivity contribution in [2.75, 3.05) is 25.6 Å². The minimum atomic E-state index is -0.327. The monoisotopic (exact) mass is 408 g/mol. The third-order valence-electron chi connectivity index (χ3n) is 6.75. The number of esters is 1. The van der Waals surface area contributed by atoms with Crippen LogP contribution in [0.3, 0.4) is 0 Å².